The molecular weight excluding hydrogens is 490 g/mol. The molecule has 5 nitrogen and oxygen atoms in total. The minimum atomic E-state index is -0.816. The fourth-order valence-electron chi connectivity index (χ4n) is 3.46. The van der Waals surface area contributed by atoms with E-state index in [1.807, 2.05) is 24.3 Å². The smallest absolute Gasteiger partial charge is 0.304 e. The minimum absolute atomic E-state index is 0.00277. The summed E-state index contributed by atoms with van der Waals surface area (Å²) in [6.45, 7) is 5.57. The molecule has 3 rings (SSSR count). The van der Waals surface area contributed by atoms with Gasteiger partial charge in [-0.2, -0.15) is 0 Å². The second-order valence-corrected chi connectivity index (χ2v) is 9.43. The SMILES string of the molecule is CC(C)[C@@H](COc1ccc(-c2ccc(Cl)cc2Cl)c(F)c1)Nc1ccc(CNCCC(=O)O)cc1. The number of anilines is 1. The molecule has 35 heavy (non-hydrogen) atoms. The first-order valence-electron chi connectivity index (χ1n) is 11.4. The largest absolute Gasteiger partial charge is 0.491 e. The Balaban J connectivity index is 1.58. The monoisotopic (exact) mass is 518 g/mol. The minimum Gasteiger partial charge on any atom is -0.491 e. The molecule has 3 aromatic rings. The van der Waals surface area contributed by atoms with Crippen molar-refractivity contribution in [3.63, 3.8) is 0 Å². The molecule has 3 N–H and O–H groups in total. The molecule has 3 aromatic carbocycles. The van der Waals surface area contributed by atoms with Gasteiger partial charge in [-0.15, -0.1) is 0 Å². The van der Waals surface area contributed by atoms with E-state index in [2.05, 4.69) is 24.5 Å². The van der Waals surface area contributed by atoms with Gasteiger partial charge in [-0.1, -0.05) is 55.2 Å². The molecule has 0 spiro atoms. The lowest BCUT2D eigenvalue weighted by molar-refractivity contribution is -0.136. The number of carbonyl (C=O) groups is 1. The molecule has 0 aliphatic heterocycles. The number of carboxylic acid groups (broad SMARTS) is 1. The Bertz CT molecular complexity index is 1140. The summed E-state index contributed by atoms with van der Waals surface area (Å²) in [5, 5.41) is 16.2. The summed E-state index contributed by atoms with van der Waals surface area (Å²) in [6, 6.07) is 17.6. The third-order valence-electron chi connectivity index (χ3n) is 5.55. The lowest BCUT2D eigenvalue weighted by Gasteiger charge is -2.24. The third kappa shape index (κ3) is 8.13. The first kappa shape index (κ1) is 26.8. The molecule has 0 heterocycles. The first-order chi connectivity index (χ1) is 16.7. The Morgan fingerprint density at radius 2 is 1.74 bits per heavy atom. The molecular formula is C27H29Cl2FN2O3. The number of hydrogen-bond acceptors (Lipinski definition) is 4. The van der Waals surface area contributed by atoms with Crippen molar-refractivity contribution in [3.05, 3.63) is 82.1 Å². The number of hydrogen-bond donors (Lipinski definition) is 3. The fourth-order valence-corrected chi connectivity index (χ4v) is 3.97. The number of halogens is 3. The van der Waals surface area contributed by atoms with Crippen LogP contribution in [0.5, 0.6) is 5.75 Å². The van der Waals surface area contributed by atoms with E-state index in [9.17, 15) is 9.18 Å². The Hall–Kier alpha value is -2.80. The molecule has 186 valence electrons. The van der Waals surface area contributed by atoms with E-state index in [-0.39, 0.29) is 18.4 Å². The Kier molecular flexibility index (Phi) is 9.78. The van der Waals surface area contributed by atoms with Crippen molar-refractivity contribution in [3.8, 4) is 16.9 Å². The lowest BCUT2D eigenvalue weighted by atomic mass is 10.0. The molecule has 0 aliphatic carbocycles. The number of ether oxygens (including phenoxy) is 1. The molecule has 0 saturated heterocycles. The average Bonchev–Trinajstić information content (AvgIpc) is 2.80. The van der Waals surface area contributed by atoms with Gasteiger partial charge in [-0.05, 0) is 47.9 Å². The summed E-state index contributed by atoms with van der Waals surface area (Å²) in [7, 11) is 0. The van der Waals surface area contributed by atoms with Crippen LogP contribution in [0.1, 0.15) is 25.8 Å². The molecule has 0 unspecified atom stereocenters. The van der Waals surface area contributed by atoms with Crippen molar-refractivity contribution in [1.82, 2.24) is 5.32 Å². The number of rotatable bonds is 12. The van der Waals surface area contributed by atoms with Gasteiger partial charge < -0.3 is 20.5 Å². The summed E-state index contributed by atoms with van der Waals surface area (Å²) in [4.78, 5) is 10.6. The fraction of sp³-hybridized carbons (Fsp3) is 0.296. The lowest BCUT2D eigenvalue weighted by Crippen LogP contribution is -2.32. The molecule has 0 aromatic heterocycles. The van der Waals surface area contributed by atoms with E-state index in [0.717, 1.165) is 11.3 Å². The molecule has 0 aliphatic rings. The van der Waals surface area contributed by atoms with Crippen LogP contribution in [0, 0.1) is 11.7 Å². The highest BCUT2D eigenvalue weighted by atomic mass is 35.5. The van der Waals surface area contributed by atoms with Gasteiger partial charge in [0.1, 0.15) is 18.2 Å². The predicted molar refractivity (Wildman–Crippen MR) is 140 cm³/mol. The number of benzene rings is 3. The summed E-state index contributed by atoms with van der Waals surface area (Å²) in [5.74, 6) is -0.534. The normalized spacial score (nSPS) is 11.9. The van der Waals surface area contributed by atoms with Crippen molar-refractivity contribution in [2.45, 2.75) is 32.9 Å². The topological polar surface area (TPSA) is 70.6 Å². The second-order valence-electron chi connectivity index (χ2n) is 8.59. The molecule has 0 bridgehead atoms. The van der Waals surface area contributed by atoms with Crippen LogP contribution in [-0.4, -0.2) is 30.3 Å². The van der Waals surface area contributed by atoms with E-state index < -0.39 is 11.8 Å². The third-order valence-corrected chi connectivity index (χ3v) is 6.09. The van der Waals surface area contributed by atoms with Crippen LogP contribution < -0.4 is 15.4 Å². The summed E-state index contributed by atoms with van der Waals surface area (Å²) in [5.41, 5.74) is 2.97. The molecule has 0 fully saturated rings. The van der Waals surface area contributed by atoms with Gasteiger partial charge in [0.25, 0.3) is 0 Å². The van der Waals surface area contributed by atoms with E-state index in [0.29, 0.717) is 46.6 Å². The van der Waals surface area contributed by atoms with Gasteiger partial charge in [0.2, 0.25) is 0 Å². The Labute approximate surface area is 215 Å². The van der Waals surface area contributed by atoms with Crippen molar-refractivity contribution < 1.29 is 19.0 Å². The summed E-state index contributed by atoms with van der Waals surface area (Å²) >= 11 is 12.2. The first-order valence-corrected chi connectivity index (χ1v) is 12.1. The van der Waals surface area contributed by atoms with Crippen molar-refractivity contribution in [2.75, 3.05) is 18.5 Å². The molecule has 0 saturated carbocycles. The zero-order valence-electron chi connectivity index (χ0n) is 19.7. The average molecular weight is 519 g/mol. The van der Waals surface area contributed by atoms with Gasteiger partial charge in [-0.25, -0.2) is 4.39 Å². The Morgan fingerprint density at radius 3 is 2.37 bits per heavy atom. The van der Waals surface area contributed by atoms with Gasteiger partial charge in [0.15, 0.2) is 0 Å². The van der Waals surface area contributed by atoms with Crippen LogP contribution >= 0.6 is 23.2 Å². The van der Waals surface area contributed by atoms with E-state index >= 15 is 0 Å². The predicted octanol–water partition coefficient (Wildman–Crippen LogP) is 6.88. The molecule has 0 radical (unpaired) electrons. The van der Waals surface area contributed by atoms with Crippen molar-refractivity contribution >= 4 is 34.9 Å². The van der Waals surface area contributed by atoms with Crippen LogP contribution in [0.3, 0.4) is 0 Å². The number of nitrogens with one attached hydrogen (secondary N) is 2. The second kappa shape index (κ2) is 12.8. The van der Waals surface area contributed by atoms with Crippen LogP contribution in [0.4, 0.5) is 10.1 Å². The van der Waals surface area contributed by atoms with Gasteiger partial charge in [0.05, 0.1) is 12.5 Å². The van der Waals surface area contributed by atoms with Gasteiger partial charge >= 0.3 is 5.97 Å². The van der Waals surface area contributed by atoms with E-state index in [4.69, 9.17) is 33.0 Å². The zero-order valence-corrected chi connectivity index (χ0v) is 21.2. The maximum atomic E-state index is 14.8. The van der Waals surface area contributed by atoms with Crippen molar-refractivity contribution in [2.24, 2.45) is 5.92 Å². The number of aliphatic carboxylic acids is 1. The van der Waals surface area contributed by atoms with Gasteiger partial charge in [0, 0.05) is 46.0 Å². The molecule has 8 heteroatoms. The van der Waals surface area contributed by atoms with Crippen molar-refractivity contribution in [1.29, 1.82) is 0 Å². The highest BCUT2D eigenvalue weighted by Crippen LogP contribution is 2.33. The van der Waals surface area contributed by atoms with Gasteiger partial charge in [-0.3, -0.25) is 4.79 Å². The molecule has 0 amide bonds. The standard InChI is InChI=1S/C27H29Cl2FN2O3/c1-17(2)26(32-20-6-3-18(4-7-20)15-31-12-11-27(33)34)16-35-21-8-10-23(25(30)14-21)22-9-5-19(28)13-24(22)29/h3-10,13-14,17,26,31-32H,11-12,15-16H2,1-2H3,(H,33,34)/t26-/m1/s1. The number of carboxylic acids is 1. The zero-order chi connectivity index (χ0) is 25.4. The quantitative estimate of drug-likeness (QED) is 0.228. The highest BCUT2D eigenvalue weighted by Gasteiger charge is 2.16. The van der Waals surface area contributed by atoms with E-state index in [1.165, 1.54) is 6.07 Å². The van der Waals surface area contributed by atoms with Crippen LogP contribution in [-0.2, 0) is 11.3 Å². The van der Waals surface area contributed by atoms with E-state index in [1.54, 1.807) is 30.3 Å². The molecule has 1 atom stereocenters. The Morgan fingerprint density at radius 1 is 1.03 bits per heavy atom. The van der Waals surface area contributed by atoms with Crippen LogP contribution in [0.15, 0.2) is 60.7 Å². The maximum Gasteiger partial charge on any atom is 0.304 e. The highest BCUT2D eigenvalue weighted by molar-refractivity contribution is 6.36. The maximum absolute atomic E-state index is 14.8. The summed E-state index contributed by atoms with van der Waals surface area (Å²) < 4.78 is 20.7. The van der Waals surface area contributed by atoms with Crippen LogP contribution in [0.2, 0.25) is 10.0 Å². The summed E-state index contributed by atoms with van der Waals surface area (Å²) in [6.07, 6.45) is 0.0945. The van der Waals surface area contributed by atoms with Crippen LogP contribution in [0.25, 0.3) is 11.1 Å².